The van der Waals surface area contributed by atoms with Gasteiger partial charge in [-0.15, -0.1) is 0 Å². The number of amides is 4. The maximum atomic E-state index is 13.6. The molecular weight excluding hydrogens is 737 g/mol. The molecule has 2 saturated heterocycles. The summed E-state index contributed by atoms with van der Waals surface area (Å²) < 4.78 is 11.0. The molecule has 2 aliphatic rings. The highest BCUT2D eigenvalue weighted by molar-refractivity contribution is 5.86. The number of benzene rings is 2. The number of carbonyl (C=O) groups is 4. The summed E-state index contributed by atoms with van der Waals surface area (Å²) >= 11 is 0. The minimum Gasteiger partial charge on any atom is -0.444 e. The van der Waals surface area contributed by atoms with E-state index < -0.39 is 35.5 Å². The Morgan fingerprint density at radius 3 is 1.28 bits per heavy atom. The summed E-state index contributed by atoms with van der Waals surface area (Å²) in [6, 6.07) is 14.7. The van der Waals surface area contributed by atoms with Gasteiger partial charge >= 0.3 is 12.2 Å². The Morgan fingerprint density at radius 1 is 0.621 bits per heavy atom. The molecule has 2 fully saturated rings. The largest absolute Gasteiger partial charge is 0.444 e. The van der Waals surface area contributed by atoms with Crippen LogP contribution in [-0.2, 0) is 19.1 Å². The molecule has 0 aliphatic carbocycles. The Labute approximate surface area is 341 Å². The Bertz CT molecular complexity index is 1940. The normalized spacial score (nSPS) is 18.2. The number of likely N-dealkylation sites (N-methyl/N-ethyl adjacent to an activating group) is 2. The maximum absolute atomic E-state index is 13.6. The molecule has 0 radical (unpaired) electrons. The summed E-state index contributed by atoms with van der Waals surface area (Å²) in [5.41, 5.74) is 4.47. The Morgan fingerprint density at radius 2 is 0.948 bits per heavy atom. The number of hydrogen-bond donors (Lipinski definition) is 2. The maximum Gasteiger partial charge on any atom is 0.410 e. The molecule has 0 saturated carbocycles. The lowest BCUT2D eigenvalue weighted by molar-refractivity contribution is -0.137. The minimum atomic E-state index is -0.681. The second-order valence-corrected chi connectivity index (χ2v) is 17.4. The fraction of sp³-hybridized carbons (Fsp3) is 0.500. The highest BCUT2D eigenvalue weighted by Crippen LogP contribution is 2.35. The standard InChI is InChI=1S/C44H58N8O6/c1-27(49(9)41(55)57-43(3,4)5)39(53)51-23-11-13-35(51)37-45-25-33(47-37)31-19-15-29(16-20-31)30-17-21-32(22-18-30)34-26-46-38(48-34)36-14-12-24-52(36)40(54)28(2)50(10)42(56)58-44(6,7)8/h15-22,25-28,35-36H,11-14,23-24H2,1-10H3,(H,45,47)(H,46,48)/t27-,28-,35-,36-/m0/s1. The predicted molar refractivity (Wildman–Crippen MR) is 221 cm³/mol. The number of rotatable bonds is 9. The van der Waals surface area contributed by atoms with Gasteiger partial charge in [-0.3, -0.25) is 19.4 Å². The molecule has 14 heteroatoms. The molecule has 2 aromatic heterocycles. The zero-order valence-corrected chi connectivity index (χ0v) is 35.5. The number of H-pyrrole nitrogens is 2. The van der Waals surface area contributed by atoms with Crippen LogP contribution in [-0.4, -0.2) is 114 Å². The fourth-order valence-electron chi connectivity index (χ4n) is 7.41. The van der Waals surface area contributed by atoms with Gasteiger partial charge < -0.3 is 29.2 Å². The van der Waals surface area contributed by atoms with Crippen molar-refractivity contribution >= 4 is 24.0 Å². The Kier molecular flexibility index (Phi) is 12.1. The highest BCUT2D eigenvalue weighted by Gasteiger charge is 2.39. The molecule has 4 aromatic rings. The summed E-state index contributed by atoms with van der Waals surface area (Å²) in [5.74, 6) is 1.17. The average molecular weight is 795 g/mol. The van der Waals surface area contributed by atoms with E-state index in [1.807, 2.05) is 9.80 Å². The molecule has 0 unspecified atom stereocenters. The van der Waals surface area contributed by atoms with Crippen LogP contribution in [0, 0.1) is 0 Å². The molecular formula is C44H58N8O6. The molecule has 0 bridgehead atoms. The van der Waals surface area contributed by atoms with Gasteiger partial charge in [-0.2, -0.15) is 0 Å². The summed E-state index contributed by atoms with van der Waals surface area (Å²) in [6.45, 7) is 15.5. The molecule has 2 aromatic carbocycles. The summed E-state index contributed by atoms with van der Waals surface area (Å²) in [7, 11) is 3.18. The van der Waals surface area contributed by atoms with Crippen molar-refractivity contribution in [3.05, 3.63) is 72.6 Å². The van der Waals surface area contributed by atoms with E-state index in [1.54, 1.807) is 81.9 Å². The number of nitrogens with zero attached hydrogens (tertiary/aromatic N) is 6. The summed E-state index contributed by atoms with van der Waals surface area (Å²) in [5, 5.41) is 0. The van der Waals surface area contributed by atoms with Gasteiger partial charge in [0.2, 0.25) is 11.8 Å². The van der Waals surface area contributed by atoms with Crippen molar-refractivity contribution in [2.75, 3.05) is 27.2 Å². The second-order valence-electron chi connectivity index (χ2n) is 17.4. The van der Waals surface area contributed by atoms with E-state index in [0.29, 0.717) is 13.1 Å². The van der Waals surface area contributed by atoms with Gasteiger partial charge in [-0.1, -0.05) is 48.5 Å². The van der Waals surface area contributed by atoms with E-state index in [0.717, 1.165) is 71.0 Å². The highest BCUT2D eigenvalue weighted by atomic mass is 16.6. The molecule has 0 spiro atoms. The molecule has 2 N–H and O–H groups in total. The lowest BCUT2D eigenvalue weighted by Crippen LogP contribution is -2.48. The van der Waals surface area contributed by atoms with Crippen molar-refractivity contribution in [2.24, 2.45) is 0 Å². The van der Waals surface area contributed by atoms with Gasteiger partial charge in [0.1, 0.15) is 34.9 Å². The van der Waals surface area contributed by atoms with E-state index in [4.69, 9.17) is 9.47 Å². The van der Waals surface area contributed by atoms with E-state index in [2.05, 4.69) is 68.5 Å². The minimum absolute atomic E-state index is 0.138. The van der Waals surface area contributed by atoms with Crippen molar-refractivity contribution in [1.29, 1.82) is 0 Å². The molecule has 14 nitrogen and oxygen atoms in total. The number of aromatic nitrogens is 4. The molecule has 58 heavy (non-hydrogen) atoms. The number of ether oxygens (including phenoxy) is 2. The average Bonchev–Trinajstić information content (AvgIpc) is 4.01. The smallest absolute Gasteiger partial charge is 0.410 e. The first-order valence-corrected chi connectivity index (χ1v) is 20.1. The predicted octanol–water partition coefficient (Wildman–Crippen LogP) is 7.97. The number of carbonyl (C=O) groups excluding carboxylic acids is 4. The van der Waals surface area contributed by atoms with Gasteiger partial charge in [0.25, 0.3) is 0 Å². The van der Waals surface area contributed by atoms with Crippen molar-refractivity contribution in [3.8, 4) is 33.6 Å². The monoisotopic (exact) mass is 794 g/mol. The van der Waals surface area contributed by atoms with Crippen LogP contribution in [0.3, 0.4) is 0 Å². The molecule has 4 atom stereocenters. The van der Waals surface area contributed by atoms with Crippen molar-refractivity contribution in [3.63, 3.8) is 0 Å². The summed E-state index contributed by atoms with van der Waals surface area (Å²) in [6.07, 6.45) is 5.80. The first-order chi connectivity index (χ1) is 27.3. The third-order valence-corrected chi connectivity index (χ3v) is 10.9. The number of likely N-dealkylation sites (tertiary alicyclic amines) is 2. The Hall–Kier alpha value is -5.66. The number of imidazole rings is 2. The third kappa shape index (κ3) is 9.37. The van der Waals surface area contributed by atoms with E-state index in [1.165, 1.54) is 9.80 Å². The van der Waals surface area contributed by atoms with Crippen LogP contribution in [0.15, 0.2) is 60.9 Å². The quantitative estimate of drug-likeness (QED) is 0.173. The SMILES string of the molecule is C[C@@H](C(=O)N1CCC[C@H]1c1ncc(-c2ccc(-c3ccc(-c4cnc([C@@H]5CCCN5C(=O)[C@H](C)N(C)C(=O)OC(C)(C)C)[nH]4)cc3)cc2)[nH]1)N(C)C(=O)OC(C)(C)C. The zero-order valence-electron chi connectivity index (χ0n) is 35.5. The Balaban J connectivity index is 1.08. The molecule has 4 amide bonds. The van der Waals surface area contributed by atoms with Crippen LogP contribution in [0.1, 0.15) is 105 Å². The lowest BCUT2D eigenvalue weighted by Gasteiger charge is -2.32. The van der Waals surface area contributed by atoms with Crippen molar-refractivity contribution in [1.82, 2.24) is 39.5 Å². The topological polar surface area (TPSA) is 157 Å². The van der Waals surface area contributed by atoms with Crippen LogP contribution in [0.2, 0.25) is 0 Å². The fourth-order valence-corrected chi connectivity index (χ4v) is 7.41. The van der Waals surface area contributed by atoms with Gasteiger partial charge in [-0.05, 0) is 103 Å². The second kappa shape index (κ2) is 16.7. The van der Waals surface area contributed by atoms with Gasteiger partial charge in [0.15, 0.2) is 0 Å². The van der Waals surface area contributed by atoms with Crippen LogP contribution >= 0.6 is 0 Å². The first-order valence-electron chi connectivity index (χ1n) is 20.1. The zero-order chi connectivity index (χ0) is 42.1. The first kappa shape index (κ1) is 42.0. The van der Waals surface area contributed by atoms with E-state index >= 15 is 0 Å². The number of hydrogen-bond acceptors (Lipinski definition) is 8. The van der Waals surface area contributed by atoms with Crippen LogP contribution in [0.5, 0.6) is 0 Å². The van der Waals surface area contributed by atoms with E-state index in [9.17, 15) is 19.2 Å². The van der Waals surface area contributed by atoms with E-state index in [-0.39, 0.29) is 23.9 Å². The van der Waals surface area contributed by atoms with Crippen molar-refractivity contribution < 1.29 is 28.7 Å². The van der Waals surface area contributed by atoms with Crippen molar-refractivity contribution in [2.45, 2.75) is 116 Å². The lowest BCUT2D eigenvalue weighted by atomic mass is 10.0. The van der Waals surface area contributed by atoms with Gasteiger partial charge in [-0.25, -0.2) is 19.6 Å². The number of nitrogens with one attached hydrogen (secondary N) is 2. The molecule has 310 valence electrons. The van der Waals surface area contributed by atoms with Crippen LogP contribution in [0.25, 0.3) is 33.6 Å². The molecule has 2 aliphatic heterocycles. The summed E-state index contributed by atoms with van der Waals surface area (Å²) in [4.78, 5) is 75.0. The van der Waals surface area contributed by atoms with Crippen LogP contribution in [0.4, 0.5) is 9.59 Å². The molecule has 6 rings (SSSR count). The third-order valence-electron chi connectivity index (χ3n) is 10.9. The van der Waals surface area contributed by atoms with Gasteiger partial charge in [0.05, 0.1) is 35.9 Å². The number of aromatic amines is 2. The van der Waals surface area contributed by atoms with Crippen LogP contribution < -0.4 is 0 Å². The molecule has 4 heterocycles. The van der Waals surface area contributed by atoms with Gasteiger partial charge in [0, 0.05) is 27.2 Å².